The molecule has 2 rings (SSSR count). The largest absolute Gasteiger partial charge is 0.469 e. The van der Waals surface area contributed by atoms with E-state index in [1.807, 2.05) is 19.1 Å². The Morgan fingerprint density at radius 1 is 1.42 bits per heavy atom. The van der Waals surface area contributed by atoms with Crippen LogP contribution in [0.2, 0.25) is 0 Å². The topological polar surface area (TPSA) is 79.1 Å². The van der Waals surface area contributed by atoms with Crippen molar-refractivity contribution in [3.05, 3.63) is 24.2 Å². The van der Waals surface area contributed by atoms with Gasteiger partial charge in [0.1, 0.15) is 5.76 Å². The SMILES string of the molecule is CCNC(=NCC(c1ccco1)N1CCCC1)NCCC(=O)OC. The average Bonchev–Trinajstić information content (AvgIpc) is 3.29. The molecule has 0 saturated carbocycles. The molecule has 24 heavy (non-hydrogen) atoms. The van der Waals surface area contributed by atoms with Crippen molar-refractivity contribution in [1.82, 2.24) is 15.5 Å². The lowest BCUT2D eigenvalue weighted by atomic mass is 10.2. The van der Waals surface area contributed by atoms with E-state index in [0.29, 0.717) is 25.5 Å². The second-order valence-corrected chi connectivity index (χ2v) is 5.75. The van der Waals surface area contributed by atoms with Gasteiger partial charge in [0.2, 0.25) is 0 Å². The Bertz CT molecular complexity index is 510. The van der Waals surface area contributed by atoms with Crippen LogP contribution in [0, 0.1) is 0 Å². The molecule has 7 nitrogen and oxygen atoms in total. The van der Waals surface area contributed by atoms with Gasteiger partial charge < -0.3 is 19.8 Å². The third-order valence-electron chi connectivity index (χ3n) is 4.07. The number of carbonyl (C=O) groups excluding carboxylic acids is 1. The Morgan fingerprint density at radius 2 is 2.21 bits per heavy atom. The molecular weight excluding hydrogens is 308 g/mol. The minimum absolute atomic E-state index is 0.151. The van der Waals surface area contributed by atoms with Gasteiger partial charge in [0.15, 0.2) is 5.96 Å². The summed E-state index contributed by atoms with van der Waals surface area (Å²) in [5.74, 6) is 1.42. The number of rotatable bonds is 8. The van der Waals surface area contributed by atoms with Gasteiger partial charge in [0, 0.05) is 13.1 Å². The van der Waals surface area contributed by atoms with Crippen molar-refractivity contribution in [2.45, 2.75) is 32.2 Å². The Hall–Kier alpha value is -2.02. The fraction of sp³-hybridized carbons (Fsp3) is 0.647. The maximum Gasteiger partial charge on any atom is 0.307 e. The minimum atomic E-state index is -0.233. The third-order valence-corrected chi connectivity index (χ3v) is 4.07. The molecule has 1 atom stereocenters. The van der Waals surface area contributed by atoms with Crippen LogP contribution in [-0.2, 0) is 9.53 Å². The standard InChI is InChI=1S/C17H28N4O3/c1-3-18-17(19-9-8-16(22)23-2)20-13-14(15-7-6-12-24-15)21-10-4-5-11-21/h6-7,12,14H,3-5,8-11,13H2,1-2H3,(H2,18,19,20). The van der Waals surface area contributed by atoms with Crippen LogP contribution >= 0.6 is 0 Å². The Kier molecular flexibility index (Phi) is 7.61. The van der Waals surface area contributed by atoms with Gasteiger partial charge in [-0.15, -0.1) is 0 Å². The molecular formula is C17H28N4O3. The van der Waals surface area contributed by atoms with E-state index >= 15 is 0 Å². The lowest BCUT2D eigenvalue weighted by Gasteiger charge is -2.24. The van der Waals surface area contributed by atoms with E-state index < -0.39 is 0 Å². The summed E-state index contributed by atoms with van der Waals surface area (Å²) >= 11 is 0. The first kappa shape index (κ1) is 18.3. The molecule has 1 aliphatic heterocycles. The summed E-state index contributed by atoms with van der Waals surface area (Å²) in [6.07, 6.45) is 4.47. The lowest BCUT2D eigenvalue weighted by molar-refractivity contribution is -0.140. The molecule has 2 N–H and O–H groups in total. The van der Waals surface area contributed by atoms with Crippen LogP contribution in [0.15, 0.2) is 27.8 Å². The number of likely N-dealkylation sites (tertiary alicyclic amines) is 1. The normalized spacial score (nSPS) is 16.8. The molecule has 2 heterocycles. The van der Waals surface area contributed by atoms with Crippen LogP contribution in [0.4, 0.5) is 0 Å². The number of ether oxygens (including phenoxy) is 1. The zero-order valence-corrected chi connectivity index (χ0v) is 14.6. The van der Waals surface area contributed by atoms with Gasteiger partial charge in [0.25, 0.3) is 0 Å². The van der Waals surface area contributed by atoms with E-state index in [2.05, 4.69) is 25.3 Å². The van der Waals surface area contributed by atoms with Gasteiger partial charge in [-0.1, -0.05) is 0 Å². The summed E-state index contributed by atoms with van der Waals surface area (Å²) in [5.41, 5.74) is 0. The van der Waals surface area contributed by atoms with Gasteiger partial charge in [-0.05, 0) is 45.0 Å². The monoisotopic (exact) mass is 336 g/mol. The molecule has 1 unspecified atom stereocenters. The Balaban J connectivity index is 1.96. The number of methoxy groups -OCH3 is 1. The third kappa shape index (κ3) is 5.56. The first-order chi connectivity index (χ1) is 11.7. The zero-order valence-electron chi connectivity index (χ0n) is 14.6. The summed E-state index contributed by atoms with van der Waals surface area (Å²) < 4.78 is 10.3. The molecule has 0 aliphatic carbocycles. The molecule has 7 heteroatoms. The smallest absolute Gasteiger partial charge is 0.307 e. The predicted molar refractivity (Wildman–Crippen MR) is 92.9 cm³/mol. The number of hydrogen-bond acceptors (Lipinski definition) is 5. The molecule has 0 amide bonds. The molecule has 0 bridgehead atoms. The fourth-order valence-electron chi connectivity index (χ4n) is 2.82. The second-order valence-electron chi connectivity index (χ2n) is 5.75. The first-order valence-corrected chi connectivity index (χ1v) is 8.61. The van der Waals surface area contributed by atoms with E-state index in [0.717, 1.165) is 25.4 Å². The second kappa shape index (κ2) is 9.97. The van der Waals surface area contributed by atoms with Gasteiger partial charge in [-0.3, -0.25) is 14.7 Å². The van der Waals surface area contributed by atoms with Crippen molar-refractivity contribution in [2.75, 3.05) is 39.8 Å². The highest BCUT2D eigenvalue weighted by Gasteiger charge is 2.25. The highest BCUT2D eigenvalue weighted by Crippen LogP contribution is 2.25. The fourth-order valence-corrected chi connectivity index (χ4v) is 2.82. The van der Waals surface area contributed by atoms with Crippen LogP contribution in [0.1, 0.15) is 38.0 Å². The van der Waals surface area contributed by atoms with Crippen molar-refractivity contribution in [2.24, 2.45) is 4.99 Å². The number of furan rings is 1. The number of aliphatic imine (C=N–C) groups is 1. The maximum absolute atomic E-state index is 11.2. The van der Waals surface area contributed by atoms with Crippen LogP contribution in [0.3, 0.4) is 0 Å². The number of nitrogens with zero attached hydrogens (tertiary/aromatic N) is 2. The van der Waals surface area contributed by atoms with Gasteiger partial charge in [-0.25, -0.2) is 0 Å². The van der Waals surface area contributed by atoms with Crippen molar-refractivity contribution < 1.29 is 13.9 Å². The molecule has 0 radical (unpaired) electrons. The maximum atomic E-state index is 11.2. The highest BCUT2D eigenvalue weighted by atomic mass is 16.5. The van der Waals surface area contributed by atoms with Crippen molar-refractivity contribution in [3.8, 4) is 0 Å². The Labute approximate surface area is 143 Å². The number of carbonyl (C=O) groups is 1. The average molecular weight is 336 g/mol. The summed E-state index contributed by atoms with van der Waals surface area (Å²) in [6.45, 7) is 6.04. The predicted octanol–water partition coefficient (Wildman–Crippen LogP) is 1.53. The molecule has 0 spiro atoms. The summed E-state index contributed by atoms with van der Waals surface area (Å²) in [6, 6.07) is 4.08. The quantitative estimate of drug-likeness (QED) is 0.426. The van der Waals surface area contributed by atoms with Crippen LogP contribution in [-0.4, -0.2) is 56.7 Å². The van der Waals surface area contributed by atoms with Crippen molar-refractivity contribution in [1.29, 1.82) is 0 Å². The summed E-state index contributed by atoms with van der Waals surface area (Å²) in [4.78, 5) is 18.3. The summed E-state index contributed by atoms with van der Waals surface area (Å²) in [7, 11) is 1.39. The molecule has 0 aromatic carbocycles. The molecule has 1 aromatic heterocycles. The van der Waals surface area contributed by atoms with Crippen molar-refractivity contribution >= 4 is 11.9 Å². The molecule has 1 saturated heterocycles. The van der Waals surface area contributed by atoms with Crippen LogP contribution in [0.25, 0.3) is 0 Å². The van der Waals surface area contributed by atoms with Crippen molar-refractivity contribution in [3.63, 3.8) is 0 Å². The number of nitrogens with one attached hydrogen (secondary N) is 2. The van der Waals surface area contributed by atoms with E-state index in [4.69, 9.17) is 4.42 Å². The van der Waals surface area contributed by atoms with E-state index in [9.17, 15) is 4.79 Å². The molecule has 1 aliphatic rings. The lowest BCUT2D eigenvalue weighted by Crippen LogP contribution is -2.39. The first-order valence-electron chi connectivity index (χ1n) is 8.61. The number of hydrogen-bond donors (Lipinski definition) is 2. The van der Waals surface area contributed by atoms with Gasteiger partial charge in [0.05, 0.1) is 32.4 Å². The number of esters is 1. The molecule has 134 valence electrons. The van der Waals surface area contributed by atoms with E-state index in [1.165, 1.54) is 20.0 Å². The molecule has 1 aromatic rings. The summed E-state index contributed by atoms with van der Waals surface area (Å²) in [5, 5.41) is 6.37. The van der Waals surface area contributed by atoms with E-state index in [-0.39, 0.29) is 12.0 Å². The van der Waals surface area contributed by atoms with Gasteiger partial charge >= 0.3 is 5.97 Å². The van der Waals surface area contributed by atoms with Crippen LogP contribution in [0.5, 0.6) is 0 Å². The number of guanidine groups is 1. The van der Waals surface area contributed by atoms with Crippen LogP contribution < -0.4 is 10.6 Å². The zero-order chi connectivity index (χ0) is 17.2. The minimum Gasteiger partial charge on any atom is -0.469 e. The molecule has 1 fully saturated rings. The highest BCUT2D eigenvalue weighted by molar-refractivity contribution is 5.80. The van der Waals surface area contributed by atoms with Gasteiger partial charge in [-0.2, -0.15) is 0 Å². The Morgan fingerprint density at radius 3 is 2.83 bits per heavy atom. The van der Waals surface area contributed by atoms with E-state index in [1.54, 1.807) is 6.26 Å².